The maximum atomic E-state index is 12.7. The van der Waals surface area contributed by atoms with Crippen LogP contribution in [0.3, 0.4) is 0 Å². The molecule has 0 aromatic heterocycles. The Morgan fingerprint density at radius 1 is 0.534 bits per heavy atom. The van der Waals surface area contributed by atoms with Crippen LogP contribution in [0.25, 0.3) is 0 Å². The van der Waals surface area contributed by atoms with Gasteiger partial charge in [-0.1, -0.05) is 144 Å². The van der Waals surface area contributed by atoms with Gasteiger partial charge in [-0.3, -0.25) is 9.59 Å². The molecular formula is C48H78O10. The van der Waals surface area contributed by atoms with Crippen molar-refractivity contribution >= 4 is 11.9 Å². The lowest BCUT2D eigenvalue weighted by Gasteiger charge is -2.39. The summed E-state index contributed by atoms with van der Waals surface area (Å²) < 4.78 is 22.0. The minimum absolute atomic E-state index is 0.144. The predicted molar refractivity (Wildman–Crippen MR) is 233 cm³/mol. The lowest BCUT2D eigenvalue weighted by atomic mass is 9.99. The molecule has 1 heterocycles. The van der Waals surface area contributed by atoms with Gasteiger partial charge in [-0.2, -0.15) is 0 Å². The quantitative estimate of drug-likeness (QED) is 0.0277. The molecule has 4 N–H and O–H groups in total. The smallest absolute Gasteiger partial charge is 0.306 e. The highest BCUT2D eigenvalue weighted by atomic mass is 16.7. The fraction of sp³-hybridized carbons (Fsp3) is 0.667. The highest BCUT2D eigenvalue weighted by Crippen LogP contribution is 2.22. The Morgan fingerprint density at radius 3 is 1.57 bits per heavy atom. The number of aliphatic hydroxyl groups excluding tert-OH is 4. The lowest BCUT2D eigenvalue weighted by molar-refractivity contribution is -0.305. The molecule has 0 saturated carbocycles. The monoisotopic (exact) mass is 815 g/mol. The van der Waals surface area contributed by atoms with E-state index < -0.39 is 55.4 Å². The van der Waals surface area contributed by atoms with Crippen molar-refractivity contribution in [1.82, 2.24) is 0 Å². The summed E-state index contributed by atoms with van der Waals surface area (Å²) in [6.45, 7) is 3.24. The number of carbonyl (C=O) groups is 2. The summed E-state index contributed by atoms with van der Waals surface area (Å²) in [5, 5.41) is 40.0. The van der Waals surface area contributed by atoms with E-state index in [1.165, 1.54) is 38.5 Å². The summed E-state index contributed by atoms with van der Waals surface area (Å²) in [5.41, 5.74) is 0. The Bertz CT molecular complexity index is 1220. The van der Waals surface area contributed by atoms with Gasteiger partial charge in [-0.25, -0.2) is 0 Å². The van der Waals surface area contributed by atoms with Crippen molar-refractivity contribution in [2.75, 3.05) is 19.8 Å². The molecule has 330 valence electrons. The molecule has 0 spiro atoms. The van der Waals surface area contributed by atoms with Crippen LogP contribution >= 0.6 is 0 Å². The summed E-state index contributed by atoms with van der Waals surface area (Å²) in [4.78, 5) is 25.3. The normalized spacial score (nSPS) is 21.0. The van der Waals surface area contributed by atoms with E-state index in [1.807, 2.05) is 12.2 Å². The maximum absolute atomic E-state index is 12.7. The number of rotatable bonds is 35. The first-order valence-corrected chi connectivity index (χ1v) is 22.2. The number of esters is 2. The molecule has 1 aliphatic heterocycles. The van der Waals surface area contributed by atoms with Gasteiger partial charge in [0, 0.05) is 12.8 Å². The van der Waals surface area contributed by atoms with Crippen molar-refractivity contribution in [1.29, 1.82) is 0 Å². The summed E-state index contributed by atoms with van der Waals surface area (Å²) in [6.07, 6.45) is 41.7. The fourth-order valence-electron chi connectivity index (χ4n) is 5.95. The van der Waals surface area contributed by atoms with Gasteiger partial charge in [0.25, 0.3) is 0 Å². The molecule has 0 radical (unpaired) electrons. The van der Waals surface area contributed by atoms with Crippen molar-refractivity contribution in [3.8, 4) is 0 Å². The number of aliphatic hydroxyl groups is 4. The van der Waals surface area contributed by atoms with Crippen molar-refractivity contribution in [2.45, 2.75) is 185 Å². The molecular weight excluding hydrogens is 737 g/mol. The first-order chi connectivity index (χ1) is 28.3. The van der Waals surface area contributed by atoms with Crippen LogP contribution in [-0.4, -0.2) is 89.0 Å². The first kappa shape index (κ1) is 52.9. The average molecular weight is 815 g/mol. The number of unbranched alkanes of at least 4 members (excludes halogenated alkanes) is 10. The van der Waals surface area contributed by atoms with Crippen LogP contribution in [0.15, 0.2) is 85.1 Å². The summed E-state index contributed by atoms with van der Waals surface area (Å²) >= 11 is 0. The number of hydrogen-bond donors (Lipinski definition) is 4. The van der Waals surface area contributed by atoms with E-state index >= 15 is 0 Å². The number of hydrogen-bond acceptors (Lipinski definition) is 10. The van der Waals surface area contributed by atoms with Crippen LogP contribution in [0, 0.1) is 0 Å². The fourth-order valence-corrected chi connectivity index (χ4v) is 5.95. The third kappa shape index (κ3) is 29.1. The molecule has 0 bridgehead atoms. The third-order valence-corrected chi connectivity index (χ3v) is 9.52. The maximum Gasteiger partial charge on any atom is 0.306 e. The van der Waals surface area contributed by atoms with Crippen molar-refractivity contribution in [3.05, 3.63) is 85.1 Å². The van der Waals surface area contributed by atoms with Crippen LogP contribution in [0.5, 0.6) is 0 Å². The van der Waals surface area contributed by atoms with E-state index in [0.717, 1.165) is 70.6 Å². The molecule has 10 nitrogen and oxygen atoms in total. The second kappa shape index (κ2) is 38.1. The molecule has 0 aliphatic carbocycles. The number of ether oxygens (including phenoxy) is 4. The summed E-state index contributed by atoms with van der Waals surface area (Å²) in [7, 11) is 0. The molecule has 1 saturated heterocycles. The minimum Gasteiger partial charge on any atom is -0.462 e. The van der Waals surface area contributed by atoms with E-state index in [1.54, 1.807) is 0 Å². The van der Waals surface area contributed by atoms with E-state index in [2.05, 4.69) is 86.8 Å². The van der Waals surface area contributed by atoms with Gasteiger partial charge >= 0.3 is 11.9 Å². The van der Waals surface area contributed by atoms with Gasteiger partial charge in [0.05, 0.1) is 13.2 Å². The molecule has 0 amide bonds. The Kier molecular flexibility index (Phi) is 34.8. The van der Waals surface area contributed by atoms with Crippen molar-refractivity contribution in [2.24, 2.45) is 0 Å². The second-order valence-corrected chi connectivity index (χ2v) is 14.8. The van der Waals surface area contributed by atoms with Crippen molar-refractivity contribution in [3.63, 3.8) is 0 Å². The zero-order chi connectivity index (χ0) is 42.3. The van der Waals surface area contributed by atoms with Gasteiger partial charge in [-0.05, 0) is 77.0 Å². The van der Waals surface area contributed by atoms with Crippen LogP contribution < -0.4 is 0 Å². The largest absolute Gasteiger partial charge is 0.462 e. The zero-order valence-corrected chi connectivity index (χ0v) is 35.8. The van der Waals surface area contributed by atoms with Gasteiger partial charge in [0.1, 0.15) is 31.0 Å². The van der Waals surface area contributed by atoms with Crippen molar-refractivity contribution < 1.29 is 49.0 Å². The van der Waals surface area contributed by atoms with Crippen LogP contribution in [0.4, 0.5) is 0 Å². The summed E-state index contributed by atoms with van der Waals surface area (Å²) in [6, 6.07) is 0. The molecule has 0 aromatic carbocycles. The zero-order valence-electron chi connectivity index (χ0n) is 35.8. The van der Waals surface area contributed by atoms with E-state index in [-0.39, 0.29) is 26.1 Å². The van der Waals surface area contributed by atoms with Gasteiger partial charge in [0.15, 0.2) is 12.4 Å². The number of allylic oxidation sites excluding steroid dienone is 14. The van der Waals surface area contributed by atoms with Crippen LogP contribution in [0.1, 0.15) is 149 Å². The molecule has 6 atom stereocenters. The Hall–Kier alpha value is -3.12. The Morgan fingerprint density at radius 2 is 1.02 bits per heavy atom. The minimum atomic E-state index is -1.61. The topological polar surface area (TPSA) is 152 Å². The highest BCUT2D eigenvalue weighted by Gasteiger charge is 2.44. The standard InChI is InChI=1S/C48H78O10/c1-3-5-7-9-11-13-15-17-19-20-21-22-23-25-26-28-30-32-34-36-43(50)55-39-41(40-56-48-47(54)46(53)45(52)42(38-49)58-48)57-44(51)37-35-33-31-29-27-24-18-16-14-12-10-8-6-4-2/h10-13,16-19,21-22,25-26,30,32,41-42,45-49,52-54H,3-9,14-15,20,23-24,27-29,31,33-40H2,1-2H3/b12-10+,13-11+,18-16+,19-17+,22-21+,26-25+,32-30+/t41-,42-,45+,46?,47?,48-/m0/s1. The molecule has 10 heteroatoms. The predicted octanol–water partition coefficient (Wildman–Crippen LogP) is 9.38. The highest BCUT2D eigenvalue weighted by molar-refractivity contribution is 5.70. The van der Waals surface area contributed by atoms with Crippen LogP contribution in [-0.2, 0) is 28.5 Å². The van der Waals surface area contributed by atoms with Gasteiger partial charge in [-0.15, -0.1) is 0 Å². The average Bonchev–Trinajstić information content (AvgIpc) is 3.22. The second-order valence-electron chi connectivity index (χ2n) is 14.8. The Balaban J connectivity index is 2.41. The molecule has 0 aromatic rings. The van der Waals surface area contributed by atoms with Gasteiger partial charge in [0.2, 0.25) is 0 Å². The first-order valence-electron chi connectivity index (χ1n) is 22.2. The molecule has 58 heavy (non-hydrogen) atoms. The SMILES string of the molecule is CCCC/C=C/C/C=C/CCCCCCCC(=O)O[C@@H](COC(=O)CC/C=C/C/C=C/C/C=C/C/C=C/C/C=C/CCCCC)CO[C@H]1O[C@@H](CO)[C@@H](O)C(O)C1O. The number of carbonyl (C=O) groups excluding carboxylic acids is 2. The third-order valence-electron chi connectivity index (χ3n) is 9.52. The summed E-state index contributed by atoms with van der Waals surface area (Å²) in [5.74, 6) is -0.928. The van der Waals surface area contributed by atoms with Gasteiger partial charge < -0.3 is 39.4 Å². The molecule has 1 fully saturated rings. The lowest BCUT2D eigenvalue weighted by Crippen LogP contribution is -2.59. The van der Waals surface area contributed by atoms with E-state index in [9.17, 15) is 30.0 Å². The Labute approximate surface area is 350 Å². The van der Waals surface area contributed by atoms with E-state index in [4.69, 9.17) is 18.9 Å². The molecule has 1 rings (SSSR count). The van der Waals surface area contributed by atoms with E-state index in [0.29, 0.717) is 12.8 Å². The molecule has 1 aliphatic rings. The van der Waals surface area contributed by atoms with Crippen LogP contribution in [0.2, 0.25) is 0 Å². The molecule has 2 unspecified atom stereocenters.